The minimum atomic E-state index is -0.686. The molecule has 1 aliphatic rings. The van der Waals surface area contributed by atoms with Crippen LogP contribution >= 0.6 is 15.9 Å². The summed E-state index contributed by atoms with van der Waals surface area (Å²) in [4.78, 5) is 0. The Hall–Kier alpha value is -0.480. The zero-order valence-corrected chi connectivity index (χ0v) is 9.65. The van der Waals surface area contributed by atoms with Crippen molar-refractivity contribution >= 4 is 15.9 Å². The zero-order valence-electron chi connectivity index (χ0n) is 8.06. The third kappa shape index (κ3) is 1.70. The minimum absolute atomic E-state index is 0.0412. The summed E-state index contributed by atoms with van der Waals surface area (Å²) in [7, 11) is 0. The summed E-state index contributed by atoms with van der Waals surface area (Å²) < 4.78 is 27.6. The van der Waals surface area contributed by atoms with Gasteiger partial charge >= 0.3 is 0 Å². The molecule has 1 aromatic rings. The average molecular weight is 277 g/mol. The van der Waals surface area contributed by atoms with Crippen molar-refractivity contribution in [3.8, 4) is 0 Å². The molecule has 4 heteroatoms. The number of hydrogen-bond acceptors (Lipinski definition) is 1. The molecule has 1 aliphatic carbocycles. The Balaban J connectivity index is 2.52. The molecule has 0 saturated heterocycles. The van der Waals surface area contributed by atoms with Crippen molar-refractivity contribution in [1.29, 1.82) is 0 Å². The fraction of sp³-hybridized carbons (Fsp3) is 0.455. The minimum Gasteiger partial charge on any atom is -0.395 e. The number of aliphatic hydroxyl groups is 1. The van der Waals surface area contributed by atoms with Crippen molar-refractivity contribution in [2.24, 2.45) is 0 Å². The van der Waals surface area contributed by atoms with Gasteiger partial charge in [0.15, 0.2) is 0 Å². The van der Waals surface area contributed by atoms with E-state index in [4.69, 9.17) is 0 Å². The standard InChI is InChI=1S/C11H11BrF2O/c12-7-4-8(13)10(9(14)5-7)11(6-15)2-1-3-11/h4-5,15H,1-3,6H2. The van der Waals surface area contributed by atoms with E-state index in [1.54, 1.807) is 0 Å². The van der Waals surface area contributed by atoms with E-state index in [2.05, 4.69) is 15.9 Å². The number of halogens is 3. The maximum atomic E-state index is 13.6. The van der Waals surface area contributed by atoms with Gasteiger partial charge in [-0.3, -0.25) is 0 Å². The Kier molecular flexibility index (Phi) is 2.81. The zero-order chi connectivity index (χ0) is 11.1. The summed E-state index contributed by atoms with van der Waals surface area (Å²) in [6.45, 7) is -0.192. The third-order valence-electron chi connectivity index (χ3n) is 3.15. The molecule has 1 fully saturated rings. The second kappa shape index (κ2) is 3.83. The first-order valence-corrected chi connectivity index (χ1v) is 5.64. The summed E-state index contributed by atoms with van der Waals surface area (Å²) in [6, 6.07) is 2.49. The second-order valence-electron chi connectivity index (χ2n) is 4.04. The van der Waals surface area contributed by atoms with Gasteiger partial charge in [0.1, 0.15) is 11.6 Å². The van der Waals surface area contributed by atoms with E-state index in [1.165, 1.54) is 12.1 Å². The number of aliphatic hydroxyl groups excluding tert-OH is 1. The molecule has 0 aromatic heterocycles. The highest BCUT2D eigenvalue weighted by Gasteiger charge is 2.42. The van der Waals surface area contributed by atoms with Crippen LogP contribution in [0.15, 0.2) is 16.6 Å². The highest BCUT2D eigenvalue weighted by molar-refractivity contribution is 9.10. The molecule has 0 aliphatic heterocycles. The summed E-state index contributed by atoms with van der Waals surface area (Å²) >= 11 is 3.03. The van der Waals surface area contributed by atoms with E-state index in [1.807, 2.05) is 0 Å². The second-order valence-corrected chi connectivity index (χ2v) is 4.95. The van der Waals surface area contributed by atoms with Crippen LogP contribution in [0.1, 0.15) is 24.8 Å². The highest BCUT2D eigenvalue weighted by Crippen LogP contribution is 2.45. The van der Waals surface area contributed by atoms with E-state index in [0.717, 1.165) is 6.42 Å². The van der Waals surface area contributed by atoms with Gasteiger partial charge in [-0.2, -0.15) is 0 Å². The van der Waals surface area contributed by atoms with Crippen LogP contribution in [0.3, 0.4) is 0 Å². The predicted octanol–water partition coefficient (Wildman–Crippen LogP) is 3.14. The molecule has 0 bridgehead atoms. The average Bonchev–Trinajstić information content (AvgIpc) is 2.07. The summed E-state index contributed by atoms with van der Waals surface area (Å²) in [5.41, 5.74) is -0.644. The Morgan fingerprint density at radius 2 is 1.80 bits per heavy atom. The molecule has 1 nitrogen and oxygen atoms in total. The van der Waals surface area contributed by atoms with Crippen molar-refractivity contribution in [1.82, 2.24) is 0 Å². The molecule has 1 N–H and O–H groups in total. The highest BCUT2D eigenvalue weighted by atomic mass is 79.9. The fourth-order valence-electron chi connectivity index (χ4n) is 2.14. The maximum absolute atomic E-state index is 13.6. The van der Waals surface area contributed by atoms with Crippen LogP contribution in [-0.4, -0.2) is 11.7 Å². The van der Waals surface area contributed by atoms with E-state index in [-0.39, 0.29) is 12.2 Å². The Morgan fingerprint density at radius 3 is 2.13 bits per heavy atom. The van der Waals surface area contributed by atoms with Gasteiger partial charge in [-0.1, -0.05) is 22.4 Å². The van der Waals surface area contributed by atoms with Crippen LogP contribution in [0, 0.1) is 11.6 Å². The topological polar surface area (TPSA) is 20.2 Å². The lowest BCUT2D eigenvalue weighted by molar-refractivity contribution is 0.112. The molecule has 1 aromatic carbocycles. The summed E-state index contributed by atoms with van der Waals surface area (Å²) in [5, 5.41) is 9.26. The Bertz CT molecular complexity index is 360. The van der Waals surface area contributed by atoms with Crippen LogP contribution in [0.4, 0.5) is 8.78 Å². The van der Waals surface area contributed by atoms with Crippen LogP contribution in [0.5, 0.6) is 0 Å². The molecular weight excluding hydrogens is 266 g/mol. The molecule has 2 rings (SSSR count). The maximum Gasteiger partial charge on any atom is 0.131 e. The van der Waals surface area contributed by atoms with Gasteiger partial charge in [-0.25, -0.2) is 8.78 Å². The molecule has 82 valence electrons. The first kappa shape index (κ1) is 11.0. The number of benzene rings is 1. The largest absolute Gasteiger partial charge is 0.395 e. The van der Waals surface area contributed by atoms with Gasteiger partial charge in [-0.05, 0) is 25.0 Å². The van der Waals surface area contributed by atoms with E-state index in [9.17, 15) is 13.9 Å². The first-order chi connectivity index (χ1) is 7.09. The molecule has 15 heavy (non-hydrogen) atoms. The van der Waals surface area contributed by atoms with Gasteiger partial charge in [0.2, 0.25) is 0 Å². The fourth-order valence-corrected chi connectivity index (χ4v) is 2.54. The molecule has 0 atom stereocenters. The van der Waals surface area contributed by atoms with Gasteiger partial charge < -0.3 is 5.11 Å². The summed E-state index contributed by atoms with van der Waals surface area (Å²) in [5.74, 6) is -1.15. The van der Waals surface area contributed by atoms with Crippen LogP contribution in [0.25, 0.3) is 0 Å². The summed E-state index contributed by atoms with van der Waals surface area (Å²) in [6.07, 6.45) is 2.22. The molecule has 0 heterocycles. The van der Waals surface area contributed by atoms with Gasteiger partial charge in [0, 0.05) is 15.5 Å². The lowest BCUT2D eigenvalue weighted by Gasteiger charge is -2.41. The molecular formula is C11H11BrF2O. The van der Waals surface area contributed by atoms with Crippen molar-refractivity contribution < 1.29 is 13.9 Å². The van der Waals surface area contributed by atoms with Crippen LogP contribution in [0.2, 0.25) is 0 Å². The predicted molar refractivity (Wildman–Crippen MR) is 56.7 cm³/mol. The van der Waals surface area contributed by atoms with Crippen LogP contribution in [-0.2, 0) is 5.41 Å². The normalized spacial score (nSPS) is 18.7. The van der Waals surface area contributed by atoms with E-state index in [0.29, 0.717) is 17.3 Å². The monoisotopic (exact) mass is 276 g/mol. The lowest BCUT2D eigenvalue weighted by Crippen LogP contribution is -2.39. The van der Waals surface area contributed by atoms with Crippen molar-refractivity contribution in [2.45, 2.75) is 24.7 Å². The van der Waals surface area contributed by atoms with Crippen molar-refractivity contribution in [3.63, 3.8) is 0 Å². The number of rotatable bonds is 2. The van der Waals surface area contributed by atoms with Crippen molar-refractivity contribution in [3.05, 3.63) is 33.8 Å². The number of hydrogen-bond donors (Lipinski definition) is 1. The SMILES string of the molecule is OCC1(c2c(F)cc(Br)cc2F)CCC1. The van der Waals surface area contributed by atoms with E-state index < -0.39 is 17.0 Å². The quantitative estimate of drug-likeness (QED) is 0.880. The molecule has 0 spiro atoms. The van der Waals surface area contributed by atoms with Crippen molar-refractivity contribution in [2.75, 3.05) is 6.61 Å². The van der Waals surface area contributed by atoms with Crippen LogP contribution < -0.4 is 0 Å². The molecule has 0 unspecified atom stereocenters. The van der Waals surface area contributed by atoms with Gasteiger partial charge in [-0.15, -0.1) is 0 Å². The molecule has 0 radical (unpaired) electrons. The van der Waals surface area contributed by atoms with E-state index >= 15 is 0 Å². The van der Waals surface area contributed by atoms with Gasteiger partial charge in [0.25, 0.3) is 0 Å². The smallest absolute Gasteiger partial charge is 0.131 e. The lowest BCUT2D eigenvalue weighted by atomic mass is 9.64. The first-order valence-electron chi connectivity index (χ1n) is 4.85. The molecule has 0 amide bonds. The Labute approximate surface area is 95.2 Å². The van der Waals surface area contributed by atoms with Gasteiger partial charge in [0.05, 0.1) is 6.61 Å². The molecule has 1 saturated carbocycles. The Morgan fingerprint density at radius 1 is 1.27 bits per heavy atom. The third-order valence-corrected chi connectivity index (χ3v) is 3.61.